The zero-order chi connectivity index (χ0) is 29.1. The fraction of sp³-hybridized carbons (Fsp3) is 0.382. The molecule has 0 spiro atoms. The number of rotatable bonds is 13. The number of carbonyl (C=O) groups is 3. The lowest BCUT2D eigenvalue weighted by Crippen LogP contribution is -2.22. The maximum Gasteiger partial charge on any atom is 0.384 e. The van der Waals surface area contributed by atoms with Crippen molar-refractivity contribution in [3.05, 3.63) is 94.6 Å². The number of ketones is 1. The molecule has 0 bridgehead atoms. The van der Waals surface area contributed by atoms with E-state index >= 15 is 0 Å². The molecule has 2 aromatic carbocycles. The Labute approximate surface area is 233 Å². The van der Waals surface area contributed by atoms with Crippen molar-refractivity contribution in [2.75, 3.05) is 0 Å². The second-order valence-corrected chi connectivity index (χ2v) is 10.3. The molecule has 5 heteroatoms. The molecule has 0 aliphatic rings. The van der Waals surface area contributed by atoms with E-state index in [2.05, 4.69) is 20.4 Å². The molecule has 0 aliphatic carbocycles. The fourth-order valence-corrected chi connectivity index (χ4v) is 4.41. The molecule has 0 saturated carbocycles. The van der Waals surface area contributed by atoms with Gasteiger partial charge in [-0.1, -0.05) is 56.7 Å². The minimum atomic E-state index is -0.869. The lowest BCUT2D eigenvalue weighted by atomic mass is 9.88. The van der Waals surface area contributed by atoms with Crippen LogP contribution in [0.5, 0.6) is 11.5 Å². The Hall–Kier alpha value is -3.73. The van der Waals surface area contributed by atoms with E-state index in [0.29, 0.717) is 28.9 Å². The molecule has 0 fully saturated rings. The molecular formula is C34H42O5. The van der Waals surface area contributed by atoms with Crippen LogP contribution in [-0.4, -0.2) is 17.7 Å². The SMILES string of the molecule is C=CC(=O)Oc1ccc(C(CC)CCCC(C)c2ccc(OC(=O)C(=O)/C(C)=C(\C)C(C)=C(C)C)cc2)cc1. The second kappa shape index (κ2) is 15.0. The van der Waals surface area contributed by atoms with Gasteiger partial charge in [0.15, 0.2) is 0 Å². The van der Waals surface area contributed by atoms with Crippen LogP contribution in [0.4, 0.5) is 0 Å². The molecule has 0 radical (unpaired) electrons. The Kier molecular flexibility index (Phi) is 12.1. The van der Waals surface area contributed by atoms with Crippen molar-refractivity contribution in [2.45, 2.75) is 86.0 Å². The highest BCUT2D eigenvalue weighted by molar-refractivity contribution is 6.41. The van der Waals surface area contributed by atoms with Crippen LogP contribution in [0.15, 0.2) is 83.5 Å². The van der Waals surface area contributed by atoms with Gasteiger partial charge in [-0.05, 0) is 112 Å². The third-order valence-corrected chi connectivity index (χ3v) is 7.48. The van der Waals surface area contributed by atoms with Crippen LogP contribution in [0.25, 0.3) is 0 Å². The van der Waals surface area contributed by atoms with E-state index in [-0.39, 0.29) is 0 Å². The number of hydrogen-bond acceptors (Lipinski definition) is 5. The molecule has 2 atom stereocenters. The van der Waals surface area contributed by atoms with Crippen LogP contribution in [-0.2, 0) is 14.4 Å². The summed E-state index contributed by atoms with van der Waals surface area (Å²) in [5.74, 6) is -0.295. The molecular weight excluding hydrogens is 488 g/mol. The van der Waals surface area contributed by atoms with Gasteiger partial charge in [0.05, 0.1) is 0 Å². The maximum absolute atomic E-state index is 12.6. The highest BCUT2D eigenvalue weighted by atomic mass is 16.5. The minimum absolute atomic E-state index is 0.342. The Balaban J connectivity index is 1.92. The van der Waals surface area contributed by atoms with E-state index < -0.39 is 17.7 Å². The third kappa shape index (κ3) is 9.20. The van der Waals surface area contributed by atoms with Gasteiger partial charge in [-0.2, -0.15) is 0 Å². The smallest absolute Gasteiger partial charge is 0.384 e. The van der Waals surface area contributed by atoms with Crippen molar-refractivity contribution in [1.29, 1.82) is 0 Å². The average molecular weight is 531 g/mol. The largest absolute Gasteiger partial charge is 0.423 e. The average Bonchev–Trinajstić information content (AvgIpc) is 2.94. The summed E-state index contributed by atoms with van der Waals surface area (Å²) in [4.78, 5) is 36.4. The molecule has 208 valence electrons. The van der Waals surface area contributed by atoms with Crippen molar-refractivity contribution in [1.82, 2.24) is 0 Å². The van der Waals surface area contributed by atoms with Gasteiger partial charge >= 0.3 is 11.9 Å². The molecule has 2 rings (SSSR count). The van der Waals surface area contributed by atoms with E-state index in [9.17, 15) is 14.4 Å². The van der Waals surface area contributed by atoms with Crippen LogP contribution in [0.3, 0.4) is 0 Å². The van der Waals surface area contributed by atoms with Crippen LogP contribution in [0.1, 0.15) is 97.1 Å². The second-order valence-electron chi connectivity index (χ2n) is 10.3. The number of Topliss-reactive ketones (excluding diaryl/α,β-unsaturated/α-hetero) is 1. The first-order valence-corrected chi connectivity index (χ1v) is 13.6. The Morgan fingerprint density at radius 2 is 1.31 bits per heavy atom. The molecule has 5 nitrogen and oxygen atoms in total. The monoisotopic (exact) mass is 530 g/mol. The zero-order valence-electron chi connectivity index (χ0n) is 24.4. The number of benzene rings is 2. The van der Waals surface area contributed by atoms with E-state index in [4.69, 9.17) is 9.47 Å². The maximum atomic E-state index is 12.6. The summed E-state index contributed by atoms with van der Waals surface area (Å²) < 4.78 is 10.5. The van der Waals surface area contributed by atoms with Gasteiger partial charge in [-0.25, -0.2) is 9.59 Å². The van der Waals surface area contributed by atoms with Gasteiger partial charge in [-0.15, -0.1) is 0 Å². The molecule has 0 saturated heterocycles. The van der Waals surface area contributed by atoms with E-state index in [1.54, 1.807) is 19.1 Å². The van der Waals surface area contributed by atoms with Gasteiger partial charge in [0, 0.05) is 11.6 Å². The first kappa shape index (κ1) is 31.5. The van der Waals surface area contributed by atoms with E-state index in [0.717, 1.165) is 54.0 Å². The number of esters is 2. The molecule has 0 aliphatic heterocycles. The Bertz CT molecular complexity index is 1230. The van der Waals surface area contributed by atoms with Crippen molar-refractivity contribution in [3.63, 3.8) is 0 Å². The molecule has 0 aromatic heterocycles. The number of ether oxygens (including phenoxy) is 2. The summed E-state index contributed by atoms with van der Waals surface area (Å²) in [6.07, 6.45) is 5.33. The van der Waals surface area contributed by atoms with E-state index in [1.165, 1.54) is 5.56 Å². The van der Waals surface area contributed by atoms with Crippen molar-refractivity contribution < 1.29 is 23.9 Å². The summed E-state index contributed by atoms with van der Waals surface area (Å²) in [5, 5.41) is 0. The normalized spacial score (nSPS) is 13.0. The topological polar surface area (TPSA) is 69.7 Å². The molecule has 2 aromatic rings. The first-order chi connectivity index (χ1) is 18.5. The predicted octanol–water partition coefficient (Wildman–Crippen LogP) is 8.41. The molecule has 0 amide bonds. The van der Waals surface area contributed by atoms with Crippen LogP contribution in [0.2, 0.25) is 0 Å². The summed E-state index contributed by atoms with van der Waals surface area (Å²) in [7, 11) is 0. The first-order valence-electron chi connectivity index (χ1n) is 13.6. The summed E-state index contributed by atoms with van der Waals surface area (Å²) >= 11 is 0. The standard InChI is InChI=1S/C34H42O5/c1-9-27(29-16-20-30(21-17-29)38-32(35)10-2)13-11-12-23(5)28-14-18-31(19-15-28)39-34(37)33(36)26(8)25(7)24(6)22(3)4/h10,14-21,23,27H,2,9,11-13H2,1,3-8H3/b26-25+. The Morgan fingerprint density at radius 1 is 0.769 bits per heavy atom. The van der Waals surface area contributed by atoms with Gasteiger partial charge < -0.3 is 9.47 Å². The van der Waals surface area contributed by atoms with Gasteiger partial charge in [-0.3, -0.25) is 4.79 Å². The van der Waals surface area contributed by atoms with Crippen molar-refractivity contribution in [2.24, 2.45) is 0 Å². The zero-order valence-corrected chi connectivity index (χ0v) is 24.4. The van der Waals surface area contributed by atoms with E-state index in [1.807, 2.05) is 64.1 Å². The van der Waals surface area contributed by atoms with Crippen LogP contribution >= 0.6 is 0 Å². The van der Waals surface area contributed by atoms with Crippen molar-refractivity contribution in [3.8, 4) is 11.5 Å². The van der Waals surface area contributed by atoms with Crippen LogP contribution < -0.4 is 9.47 Å². The third-order valence-electron chi connectivity index (χ3n) is 7.48. The van der Waals surface area contributed by atoms with Gasteiger partial charge in [0.1, 0.15) is 11.5 Å². The highest BCUT2D eigenvalue weighted by Crippen LogP contribution is 2.30. The quantitative estimate of drug-likeness (QED) is 0.0855. The fourth-order valence-electron chi connectivity index (χ4n) is 4.41. The number of carbonyl (C=O) groups excluding carboxylic acids is 3. The number of allylic oxidation sites excluding steroid dienone is 3. The molecule has 39 heavy (non-hydrogen) atoms. The summed E-state index contributed by atoms with van der Waals surface area (Å²) in [6, 6.07) is 15.1. The molecule has 2 unspecified atom stereocenters. The number of hydrogen-bond donors (Lipinski definition) is 0. The van der Waals surface area contributed by atoms with Crippen LogP contribution in [0, 0.1) is 0 Å². The predicted molar refractivity (Wildman–Crippen MR) is 157 cm³/mol. The summed E-state index contributed by atoms with van der Waals surface area (Å²) in [6.45, 7) is 17.2. The molecule has 0 N–H and O–H groups in total. The van der Waals surface area contributed by atoms with Crippen molar-refractivity contribution >= 4 is 17.7 Å². The van der Waals surface area contributed by atoms with Gasteiger partial charge in [0.2, 0.25) is 0 Å². The lowest BCUT2D eigenvalue weighted by molar-refractivity contribution is -0.145. The van der Waals surface area contributed by atoms with Gasteiger partial charge in [0.25, 0.3) is 5.78 Å². The minimum Gasteiger partial charge on any atom is -0.423 e. The summed E-state index contributed by atoms with van der Waals surface area (Å²) in [5.41, 5.74) is 5.71. The lowest BCUT2D eigenvalue weighted by Gasteiger charge is -2.18. The Morgan fingerprint density at radius 3 is 1.82 bits per heavy atom. The molecule has 0 heterocycles. The highest BCUT2D eigenvalue weighted by Gasteiger charge is 2.21.